The van der Waals surface area contributed by atoms with Crippen molar-refractivity contribution in [1.29, 1.82) is 0 Å². The topological polar surface area (TPSA) is 70.7 Å². The molecule has 1 aliphatic heterocycles. The first-order valence-electron chi connectivity index (χ1n) is 9.78. The fraction of sp³-hybridized carbons (Fsp3) is 0.476. The molecular formula is C21H29N3O3S. The van der Waals surface area contributed by atoms with E-state index in [-0.39, 0.29) is 11.9 Å². The molecule has 0 spiro atoms. The molecule has 28 heavy (non-hydrogen) atoms. The van der Waals surface area contributed by atoms with Crippen molar-refractivity contribution in [3.05, 3.63) is 41.1 Å². The molecule has 0 radical (unpaired) electrons. The highest BCUT2D eigenvalue weighted by molar-refractivity contribution is 7.80. The maximum absolute atomic E-state index is 12.7. The summed E-state index contributed by atoms with van der Waals surface area (Å²) in [5.74, 6) is -0.378. The van der Waals surface area contributed by atoms with E-state index in [2.05, 4.69) is 17.6 Å². The van der Waals surface area contributed by atoms with Crippen molar-refractivity contribution >= 4 is 34.9 Å². The third-order valence-corrected chi connectivity index (χ3v) is 5.01. The predicted molar refractivity (Wildman–Crippen MR) is 115 cm³/mol. The minimum absolute atomic E-state index is 0.0133. The van der Waals surface area contributed by atoms with Crippen molar-refractivity contribution in [1.82, 2.24) is 10.2 Å². The van der Waals surface area contributed by atoms with E-state index in [1.165, 1.54) is 0 Å². The van der Waals surface area contributed by atoms with E-state index in [4.69, 9.17) is 17.0 Å². The highest BCUT2D eigenvalue weighted by Crippen LogP contribution is 2.32. The first-order valence-corrected chi connectivity index (χ1v) is 10.2. The van der Waals surface area contributed by atoms with Crippen LogP contribution in [-0.4, -0.2) is 35.0 Å². The van der Waals surface area contributed by atoms with Crippen molar-refractivity contribution in [2.24, 2.45) is 0 Å². The van der Waals surface area contributed by atoms with Crippen LogP contribution in [0.1, 0.15) is 58.6 Å². The van der Waals surface area contributed by atoms with Gasteiger partial charge >= 0.3 is 5.97 Å². The second-order valence-corrected chi connectivity index (χ2v) is 7.01. The van der Waals surface area contributed by atoms with E-state index in [1.54, 1.807) is 6.92 Å². The summed E-state index contributed by atoms with van der Waals surface area (Å²) >= 11 is 5.49. The molecule has 0 saturated heterocycles. The Morgan fingerprint density at radius 3 is 2.68 bits per heavy atom. The Morgan fingerprint density at radius 2 is 2.04 bits per heavy atom. The van der Waals surface area contributed by atoms with Crippen LogP contribution in [-0.2, 0) is 14.3 Å². The van der Waals surface area contributed by atoms with Crippen LogP contribution in [0.3, 0.4) is 0 Å². The van der Waals surface area contributed by atoms with Gasteiger partial charge in [0.15, 0.2) is 5.11 Å². The Kier molecular flexibility index (Phi) is 7.99. The first-order chi connectivity index (χ1) is 13.4. The van der Waals surface area contributed by atoms with Crippen molar-refractivity contribution in [3.8, 4) is 0 Å². The third-order valence-electron chi connectivity index (χ3n) is 4.67. The number of carbonyl (C=O) groups excluding carboxylic acids is 2. The number of unbranched alkanes of at least 4 members (excludes halogenated alkanes) is 1. The smallest absolute Gasteiger partial charge is 0.338 e. The van der Waals surface area contributed by atoms with Gasteiger partial charge in [-0.1, -0.05) is 25.5 Å². The van der Waals surface area contributed by atoms with Crippen LogP contribution in [0, 0.1) is 0 Å². The van der Waals surface area contributed by atoms with Gasteiger partial charge in [-0.15, -0.1) is 0 Å². The SMILES string of the molecule is CCCCC(=O)Nc1cccc([C@H]2NC(=S)N(CC)C(C)=C2C(=O)OCC)c1. The van der Waals surface area contributed by atoms with Gasteiger partial charge in [0.25, 0.3) is 0 Å². The predicted octanol–water partition coefficient (Wildman–Crippen LogP) is 3.90. The lowest BCUT2D eigenvalue weighted by Crippen LogP contribution is -2.47. The maximum Gasteiger partial charge on any atom is 0.338 e. The highest BCUT2D eigenvalue weighted by Gasteiger charge is 2.34. The molecule has 0 unspecified atom stereocenters. The van der Waals surface area contributed by atoms with Crippen molar-refractivity contribution < 1.29 is 14.3 Å². The van der Waals surface area contributed by atoms with Gasteiger partial charge in [-0.3, -0.25) is 4.79 Å². The number of hydrogen-bond donors (Lipinski definition) is 2. The average molecular weight is 404 g/mol. The number of rotatable bonds is 8. The second kappa shape index (κ2) is 10.2. The lowest BCUT2D eigenvalue weighted by Gasteiger charge is -2.37. The van der Waals surface area contributed by atoms with E-state index in [0.717, 1.165) is 24.1 Å². The van der Waals surface area contributed by atoms with E-state index in [9.17, 15) is 9.59 Å². The Balaban J connectivity index is 2.37. The number of nitrogens with one attached hydrogen (secondary N) is 2. The zero-order valence-electron chi connectivity index (χ0n) is 17.0. The molecule has 2 rings (SSSR count). The Bertz CT molecular complexity index is 776. The Morgan fingerprint density at radius 1 is 1.29 bits per heavy atom. The molecule has 2 N–H and O–H groups in total. The summed E-state index contributed by atoms with van der Waals surface area (Å²) in [5, 5.41) is 6.75. The average Bonchev–Trinajstić information content (AvgIpc) is 2.66. The molecule has 1 aromatic rings. The van der Waals surface area contributed by atoms with Crippen LogP contribution in [0.2, 0.25) is 0 Å². The van der Waals surface area contributed by atoms with Gasteiger partial charge in [0.1, 0.15) is 0 Å². The van der Waals surface area contributed by atoms with Crippen LogP contribution < -0.4 is 10.6 Å². The van der Waals surface area contributed by atoms with Crippen molar-refractivity contribution in [2.45, 2.75) is 53.0 Å². The molecule has 0 aromatic heterocycles. The number of ether oxygens (including phenoxy) is 1. The lowest BCUT2D eigenvalue weighted by atomic mass is 9.94. The molecule has 0 fully saturated rings. The summed E-state index contributed by atoms with van der Waals surface area (Å²) in [5.41, 5.74) is 2.86. The fourth-order valence-corrected chi connectivity index (χ4v) is 3.63. The molecule has 1 aliphatic rings. The summed E-state index contributed by atoms with van der Waals surface area (Å²) in [6.07, 6.45) is 2.31. The minimum atomic E-state index is -0.429. The Hall–Kier alpha value is -2.41. The van der Waals surface area contributed by atoms with E-state index >= 15 is 0 Å². The van der Waals surface area contributed by atoms with E-state index in [0.29, 0.717) is 35.9 Å². The molecule has 1 aromatic carbocycles. The molecule has 7 heteroatoms. The fourth-order valence-electron chi connectivity index (χ4n) is 3.24. The van der Waals surface area contributed by atoms with Crippen LogP contribution in [0.5, 0.6) is 0 Å². The quantitative estimate of drug-likeness (QED) is 0.507. The molecule has 1 heterocycles. The van der Waals surface area contributed by atoms with Crippen LogP contribution in [0.4, 0.5) is 5.69 Å². The molecule has 0 saturated carbocycles. The number of thiocarbonyl (C=S) groups is 1. The number of benzene rings is 1. The zero-order valence-corrected chi connectivity index (χ0v) is 17.8. The van der Waals surface area contributed by atoms with Gasteiger partial charge in [0.2, 0.25) is 5.91 Å². The van der Waals surface area contributed by atoms with E-state index < -0.39 is 6.04 Å². The number of esters is 1. The monoisotopic (exact) mass is 403 g/mol. The second-order valence-electron chi connectivity index (χ2n) is 6.62. The first kappa shape index (κ1) is 21.9. The zero-order chi connectivity index (χ0) is 20.7. The molecule has 0 bridgehead atoms. The number of nitrogens with zero attached hydrogens (tertiary/aromatic N) is 1. The molecular weight excluding hydrogens is 374 g/mol. The van der Waals surface area contributed by atoms with Gasteiger partial charge in [-0.05, 0) is 57.1 Å². The number of anilines is 1. The number of carbonyl (C=O) groups is 2. The minimum Gasteiger partial charge on any atom is -0.463 e. The largest absolute Gasteiger partial charge is 0.463 e. The Labute approximate surface area is 172 Å². The number of allylic oxidation sites excluding steroid dienone is 1. The van der Waals surface area contributed by atoms with Gasteiger partial charge < -0.3 is 20.3 Å². The summed E-state index contributed by atoms with van der Waals surface area (Å²) in [4.78, 5) is 26.6. The normalized spacial score (nSPS) is 16.6. The van der Waals surface area contributed by atoms with Gasteiger partial charge in [-0.25, -0.2) is 4.79 Å². The molecule has 6 nitrogen and oxygen atoms in total. The van der Waals surface area contributed by atoms with Crippen LogP contribution in [0.15, 0.2) is 35.5 Å². The summed E-state index contributed by atoms with van der Waals surface area (Å²) in [6.45, 7) is 8.65. The van der Waals surface area contributed by atoms with Crippen LogP contribution in [0.25, 0.3) is 0 Å². The van der Waals surface area contributed by atoms with Gasteiger partial charge in [-0.2, -0.15) is 0 Å². The molecule has 1 amide bonds. The van der Waals surface area contributed by atoms with Gasteiger partial charge in [0, 0.05) is 24.4 Å². The molecule has 0 aliphatic carbocycles. The van der Waals surface area contributed by atoms with E-state index in [1.807, 2.05) is 43.0 Å². The third kappa shape index (κ3) is 5.10. The maximum atomic E-state index is 12.7. The lowest BCUT2D eigenvalue weighted by molar-refractivity contribution is -0.139. The highest BCUT2D eigenvalue weighted by atomic mass is 32.1. The number of amides is 1. The summed E-state index contributed by atoms with van der Waals surface area (Å²) in [7, 11) is 0. The summed E-state index contributed by atoms with van der Waals surface area (Å²) in [6, 6.07) is 7.06. The molecule has 152 valence electrons. The number of hydrogen-bond acceptors (Lipinski definition) is 4. The van der Waals surface area contributed by atoms with Crippen LogP contribution >= 0.6 is 12.2 Å². The van der Waals surface area contributed by atoms with Gasteiger partial charge in [0.05, 0.1) is 18.2 Å². The molecule has 1 atom stereocenters. The summed E-state index contributed by atoms with van der Waals surface area (Å²) < 4.78 is 5.29. The van der Waals surface area contributed by atoms with Crippen molar-refractivity contribution in [2.75, 3.05) is 18.5 Å². The standard InChI is InChI=1S/C21H29N3O3S/c1-5-8-12-17(25)22-16-11-9-10-15(13-16)19-18(20(26)27-7-3)14(4)24(6-2)21(28)23-19/h9-11,13,19H,5-8,12H2,1-4H3,(H,22,25)(H,23,28)/t19-/m1/s1. The van der Waals surface area contributed by atoms with Crippen molar-refractivity contribution in [3.63, 3.8) is 0 Å².